The highest BCUT2D eigenvalue weighted by molar-refractivity contribution is 5.95. The van der Waals surface area contributed by atoms with Gasteiger partial charge in [0.2, 0.25) is 5.91 Å². The number of methoxy groups -OCH3 is 1. The first kappa shape index (κ1) is 25.6. The SMILES string of the molecule is COCCn1c(N)c(N(CC(=O)Nc2ccccc2C(F)(F)F)Cc2ccccc2)c(=O)[nH]c1=O. The number of anilines is 3. The number of rotatable bonds is 9. The van der Waals surface area contributed by atoms with E-state index in [1.54, 1.807) is 30.3 Å². The van der Waals surface area contributed by atoms with Gasteiger partial charge < -0.3 is 20.7 Å². The van der Waals surface area contributed by atoms with Gasteiger partial charge in [-0.1, -0.05) is 42.5 Å². The Hall–Kier alpha value is -4.06. The maximum atomic E-state index is 13.3. The molecule has 1 amide bonds. The molecule has 0 spiro atoms. The number of aromatic nitrogens is 2. The van der Waals surface area contributed by atoms with Crippen LogP contribution in [0.3, 0.4) is 0 Å². The van der Waals surface area contributed by atoms with Crippen molar-refractivity contribution in [1.29, 1.82) is 0 Å². The number of benzene rings is 2. The first-order valence-electron chi connectivity index (χ1n) is 10.5. The number of nitrogen functional groups attached to an aromatic ring is 1. The lowest BCUT2D eigenvalue weighted by atomic mass is 10.1. The molecule has 0 unspecified atom stereocenters. The van der Waals surface area contributed by atoms with E-state index in [1.165, 1.54) is 24.1 Å². The van der Waals surface area contributed by atoms with Crippen LogP contribution in [0, 0.1) is 0 Å². The average Bonchev–Trinajstić information content (AvgIpc) is 2.79. The average molecular weight is 491 g/mol. The maximum Gasteiger partial charge on any atom is 0.418 e. The Morgan fingerprint density at radius 2 is 1.77 bits per heavy atom. The van der Waals surface area contributed by atoms with Gasteiger partial charge in [-0.25, -0.2) is 4.79 Å². The Morgan fingerprint density at radius 3 is 2.43 bits per heavy atom. The smallest absolute Gasteiger partial charge is 0.383 e. The lowest BCUT2D eigenvalue weighted by Gasteiger charge is -2.26. The molecule has 1 aromatic heterocycles. The number of hydrogen-bond donors (Lipinski definition) is 3. The number of nitrogens with one attached hydrogen (secondary N) is 2. The Labute approximate surface area is 197 Å². The second-order valence-corrected chi connectivity index (χ2v) is 7.57. The minimum atomic E-state index is -4.67. The molecule has 0 atom stereocenters. The molecule has 3 rings (SSSR count). The Balaban J connectivity index is 1.99. The normalized spacial score (nSPS) is 11.3. The third kappa shape index (κ3) is 6.29. The summed E-state index contributed by atoms with van der Waals surface area (Å²) in [6.07, 6.45) is -4.67. The molecule has 35 heavy (non-hydrogen) atoms. The van der Waals surface area contributed by atoms with E-state index in [9.17, 15) is 27.6 Å². The molecule has 0 aliphatic carbocycles. The number of alkyl halides is 3. The third-order valence-electron chi connectivity index (χ3n) is 5.11. The van der Waals surface area contributed by atoms with Crippen LogP contribution in [-0.2, 0) is 28.8 Å². The molecule has 3 aromatic rings. The molecule has 0 saturated heterocycles. The van der Waals surface area contributed by atoms with Gasteiger partial charge in [-0.3, -0.25) is 19.1 Å². The van der Waals surface area contributed by atoms with E-state index in [0.29, 0.717) is 5.56 Å². The van der Waals surface area contributed by atoms with Gasteiger partial charge in [0.15, 0.2) is 0 Å². The number of nitrogens with zero attached hydrogens (tertiary/aromatic N) is 2. The van der Waals surface area contributed by atoms with Crippen LogP contribution in [0.5, 0.6) is 0 Å². The third-order valence-corrected chi connectivity index (χ3v) is 5.11. The molecule has 1 heterocycles. The highest BCUT2D eigenvalue weighted by Crippen LogP contribution is 2.34. The molecule has 0 radical (unpaired) electrons. The van der Waals surface area contributed by atoms with Crippen LogP contribution in [0.4, 0.5) is 30.4 Å². The number of aromatic amines is 1. The zero-order valence-electron chi connectivity index (χ0n) is 18.8. The number of amides is 1. The predicted octanol–water partition coefficient (Wildman–Crippen LogP) is 2.43. The molecular weight excluding hydrogens is 467 g/mol. The summed E-state index contributed by atoms with van der Waals surface area (Å²) in [6.45, 7) is -0.333. The van der Waals surface area contributed by atoms with Crippen LogP contribution in [0.1, 0.15) is 11.1 Å². The minimum Gasteiger partial charge on any atom is -0.383 e. The van der Waals surface area contributed by atoms with Gasteiger partial charge >= 0.3 is 11.9 Å². The van der Waals surface area contributed by atoms with Crippen LogP contribution in [0.2, 0.25) is 0 Å². The summed E-state index contributed by atoms with van der Waals surface area (Å²) in [5.41, 5.74) is 3.68. The molecule has 0 bridgehead atoms. The van der Waals surface area contributed by atoms with Crippen molar-refractivity contribution in [2.75, 3.05) is 36.2 Å². The van der Waals surface area contributed by atoms with E-state index < -0.39 is 41.1 Å². The van der Waals surface area contributed by atoms with E-state index in [-0.39, 0.29) is 31.2 Å². The number of ether oxygens (including phenoxy) is 1. The zero-order valence-corrected chi connectivity index (χ0v) is 18.8. The monoisotopic (exact) mass is 491 g/mol. The molecule has 4 N–H and O–H groups in total. The molecule has 12 heteroatoms. The van der Waals surface area contributed by atoms with Crippen LogP contribution in [0.25, 0.3) is 0 Å². The van der Waals surface area contributed by atoms with Crippen LogP contribution >= 0.6 is 0 Å². The first-order chi connectivity index (χ1) is 16.6. The van der Waals surface area contributed by atoms with Crippen molar-refractivity contribution in [1.82, 2.24) is 9.55 Å². The summed E-state index contributed by atoms with van der Waals surface area (Å²) in [6, 6.07) is 13.3. The number of carbonyl (C=O) groups excluding carboxylic acids is 1. The van der Waals surface area contributed by atoms with Gasteiger partial charge in [0, 0.05) is 13.7 Å². The first-order valence-corrected chi connectivity index (χ1v) is 10.5. The van der Waals surface area contributed by atoms with Crippen molar-refractivity contribution >= 4 is 23.1 Å². The van der Waals surface area contributed by atoms with Crippen molar-refractivity contribution in [3.05, 3.63) is 86.6 Å². The molecule has 0 aliphatic heterocycles. The number of para-hydroxylation sites is 1. The number of halogens is 3. The summed E-state index contributed by atoms with van der Waals surface area (Å²) in [5.74, 6) is -1.01. The standard InChI is InChI=1S/C23H24F3N5O4/c1-35-12-11-31-20(27)19(21(33)29-22(31)34)30(13-15-7-3-2-4-8-15)14-18(32)28-17-10-6-5-9-16(17)23(24,25)26/h2-10H,11-14,27H2,1H3,(H,28,32)(H,29,33,34). The molecule has 2 aromatic carbocycles. The lowest BCUT2D eigenvalue weighted by Crippen LogP contribution is -2.41. The quantitative estimate of drug-likeness (QED) is 0.423. The maximum absolute atomic E-state index is 13.3. The van der Waals surface area contributed by atoms with Crippen LogP contribution in [0.15, 0.2) is 64.2 Å². The summed E-state index contributed by atoms with van der Waals surface area (Å²) < 4.78 is 46.1. The van der Waals surface area contributed by atoms with Gasteiger partial charge in [-0.05, 0) is 17.7 Å². The largest absolute Gasteiger partial charge is 0.418 e. The van der Waals surface area contributed by atoms with E-state index in [4.69, 9.17) is 10.5 Å². The second-order valence-electron chi connectivity index (χ2n) is 7.57. The summed E-state index contributed by atoms with van der Waals surface area (Å²) >= 11 is 0. The fourth-order valence-corrected chi connectivity index (χ4v) is 3.51. The number of nitrogens with two attached hydrogens (primary N) is 1. The fourth-order valence-electron chi connectivity index (χ4n) is 3.51. The van der Waals surface area contributed by atoms with E-state index in [0.717, 1.165) is 16.7 Å². The highest BCUT2D eigenvalue weighted by atomic mass is 19.4. The van der Waals surface area contributed by atoms with Crippen molar-refractivity contribution in [3.8, 4) is 0 Å². The predicted molar refractivity (Wildman–Crippen MR) is 125 cm³/mol. The topological polar surface area (TPSA) is 122 Å². The summed E-state index contributed by atoms with van der Waals surface area (Å²) in [7, 11) is 1.43. The van der Waals surface area contributed by atoms with Crippen molar-refractivity contribution in [2.45, 2.75) is 19.3 Å². The van der Waals surface area contributed by atoms with Crippen LogP contribution < -0.4 is 27.2 Å². The number of hydrogen-bond acceptors (Lipinski definition) is 6. The van der Waals surface area contributed by atoms with Gasteiger partial charge in [0.1, 0.15) is 11.5 Å². The Bertz CT molecular complexity index is 1290. The molecule has 0 saturated carbocycles. The molecule has 0 fully saturated rings. The van der Waals surface area contributed by atoms with Gasteiger partial charge in [-0.2, -0.15) is 13.2 Å². The zero-order chi connectivity index (χ0) is 25.6. The summed E-state index contributed by atoms with van der Waals surface area (Å²) in [4.78, 5) is 41.3. The van der Waals surface area contributed by atoms with E-state index in [2.05, 4.69) is 10.3 Å². The van der Waals surface area contributed by atoms with Crippen molar-refractivity contribution < 1.29 is 22.7 Å². The van der Waals surface area contributed by atoms with Crippen molar-refractivity contribution in [3.63, 3.8) is 0 Å². The molecule has 0 aliphatic rings. The fraction of sp³-hybridized carbons (Fsp3) is 0.261. The van der Waals surface area contributed by atoms with Gasteiger partial charge in [0.25, 0.3) is 5.56 Å². The van der Waals surface area contributed by atoms with Gasteiger partial charge in [-0.15, -0.1) is 0 Å². The van der Waals surface area contributed by atoms with Crippen LogP contribution in [-0.4, -0.2) is 35.7 Å². The highest BCUT2D eigenvalue weighted by Gasteiger charge is 2.33. The van der Waals surface area contributed by atoms with Gasteiger partial charge in [0.05, 0.1) is 30.9 Å². The van der Waals surface area contributed by atoms with Crippen molar-refractivity contribution in [2.24, 2.45) is 0 Å². The lowest BCUT2D eigenvalue weighted by molar-refractivity contribution is -0.137. The Morgan fingerprint density at radius 1 is 1.11 bits per heavy atom. The molecular formula is C23H24F3N5O4. The van der Waals surface area contributed by atoms with E-state index in [1.807, 2.05) is 0 Å². The van der Waals surface area contributed by atoms with E-state index >= 15 is 0 Å². The second kappa shape index (κ2) is 10.9. The Kier molecular flexibility index (Phi) is 7.97. The molecule has 186 valence electrons. The number of H-pyrrole nitrogens is 1. The number of carbonyl (C=O) groups is 1. The summed E-state index contributed by atoms with van der Waals surface area (Å²) in [5, 5.41) is 2.26. The minimum absolute atomic E-state index is 0.0188. The molecule has 9 nitrogen and oxygen atoms in total.